The molecular formula is C16H13FN2O2S. The lowest BCUT2D eigenvalue weighted by molar-refractivity contribution is 0.0906. The standard InChI is InChI=1S/C16H13FN2O2S/c1-10-9-13(21-19-10)16(20)18-15(14-3-2-8-22-14)11-4-6-12(17)7-5-11/h2-9,15H,1H3,(H,18,20). The highest BCUT2D eigenvalue weighted by molar-refractivity contribution is 7.10. The van der Waals surface area contributed by atoms with Crippen molar-refractivity contribution in [3.8, 4) is 0 Å². The maximum Gasteiger partial charge on any atom is 0.290 e. The van der Waals surface area contributed by atoms with Crippen LogP contribution in [-0.4, -0.2) is 11.1 Å². The molecule has 3 rings (SSSR count). The quantitative estimate of drug-likeness (QED) is 0.798. The van der Waals surface area contributed by atoms with E-state index in [1.54, 1.807) is 25.1 Å². The van der Waals surface area contributed by atoms with Crippen molar-refractivity contribution in [1.82, 2.24) is 10.5 Å². The summed E-state index contributed by atoms with van der Waals surface area (Å²) < 4.78 is 18.1. The molecule has 0 spiro atoms. The van der Waals surface area contributed by atoms with Crippen LogP contribution in [0, 0.1) is 12.7 Å². The Labute approximate surface area is 130 Å². The zero-order chi connectivity index (χ0) is 15.5. The third-order valence-corrected chi connectivity index (χ3v) is 4.10. The van der Waals surface area contributed by atoms with Crippen LogP contribution in [0.3, 0.4) is 0 Å². The monoisotopic (exact) mass is 316 g/mol. The maximum absolute atomic E-state index is 13.1. The minimum Gasteiger partial charge on any atom is -0.351 e. The molecule has 1 aromatic carbocycles. The Balaban J connectivity index is 1.89. The average molecular weight is 316 g/mol. The van der Waals surface area contributed by atoms with Gasteiger partial charge < -0.3 is 9.84 Å². The first kappa shape index (κ1) is 14.5. The highest BCUT2D eigenvalue weighted by atomic mass is 32.1. The van der Waals surface area contributed by atoms with E-state index in [0.717, 1.165) is 10.4 Å². The van der Waals surface area contributed by atoms with Crippen LogP contribution in [0.2, 0.25) is 0 Å². The summed E-state index contributed by atoms with van der Waals surface area (Å²) in [4.78, 5) is 13.2. The summed E-state index contributed by atoms with van der Waals surface area (Å²) in [5.41, 5.74) is 1.44. The molecule has 0 fully saturated rings. The van der Waals surface area contributed by atoms with Crippen LogP contribution in [0.1, 0.15) is 32.7 Å². The number of nitrogens with zero attached hydrogens (tertiary/aromatic N) is 1. The molecule has 0 radical (unpaired) electrons. The van der Waals surface area contributed by atoms with E-state index in [0.29, 0.717) is 5.69 Å². The lowest BCUT2D eigenvalue weighted by atomic mass is 10.1. The van der Waals surface area contributed by atoms with Crippen LogP contribution in [0.4, 0.5) is 4.39 Å². The Kier molecular flexibility index (Phi) is 4.02. The fraction of sp³-hybridized carbons (Fsp3) is 0.125. The SMILES string of the molecule is Cc1cc(C(=O)NC(c2ccc(F)cc2)c2cccs2)on1. The Morgan fingerprint density at radius 3 is 2.68 bits per heavy atom. The maximum atomic E-state index is 13.1. The highest BCUT2D eigenvalue weighted by Gasteiger charge is 2.21. The molecule has 2 aromatic heterocycles. The number of aromatic nitrogens is 1. The van der Waals surface area contributed by atoms with Gasteiger partial charge in [0, 0.05) is 10.9 Å². The smallest absolute Gasteiger partial charge is 0.290 e. The zero-order valence-electron chi connectivity index (χ0n) is 11.7. The molecule has 1 N–H and O–H groups in total. The molecule has 4 nitrogen and oxygen atoms in total. The molecular weight excluding hydrogens is 303 g/mol. The molecule has 0 saturated carbocycles. The Morgan fingerprint density at radius 1 is 1.32 bits per heavy atom. The predicted octanol–water partition coefficient (Wildman–Crippen LogP) is 3.70. The van der Waals surface area contributed by atoms with E-state index in [4.69, 9.17) is 4.52 Å². The van der Waals surface area contributed by atoms with Crippen molar-refractivity contribution in [2.24, 2.45) is 0 Å². The number of hydrogen-bond donors (Lipinski definition) is 1. The third-order valence-electron chi connectivity index (χ3n) is 3.16. The molecule has 2 heterocycles. The van der Waals surface area contributed by atoms with Gasteiger partial charge in [-0.15, -0.1) is 11.3 Å². The molecule has 0 aliphatic rings. The van der Waals surface area contributed by atoms with Crippen molar-refractivity contribution in [3.05, 3.63) is 75.6 Å². The summed E-state index contributed by atoms with van der Waals surface area (Å²) in [6.07, 6.45) is 0. The number of benzene rings is 1. The van der Waals surface area contributed by atoms with E-state index in [9.17, 15) is 9.18 Å². The van der Waals surface area contributed by atoms with Crippen LogP contribution in [0.25, 0.3) is 0 Å². The Bertz CT molecular complexity index is 766. The van der Waals surface area contributed by atoms with E-state index >= 15 is 0 Å². The first-order chi connectivity index (χ1) is 10.6. The Hall–Kier alpha value is -2.47. The van der Waals surface area contributed by atoms with Gasteiger partial charge in [-0.05, 0) is 36.1 Å². The van der Waals surface area contributed by atoms with Gasteiger partial charge in [0.1, 0.15) is 5.82 Å². The highest BCUT2D eigenvalue weighted by Crippen LogP contribution is 2.26. The fourth-order valence-electron chi connectivity index (χ4n) is 2.10. The second-order valence-electron chi connectivity index (χ2n) is 4.81. The second kappa shape index (κ2) is 6.11. The summed E-state index contributed by atoms with van der Waals surface area (Å²) in [7, 11) is 0. The number of hydrogen-bond acceptors (Lipinski definition) is 4. The lowest BCUT2D eigenvalue weighted by Crippen LogP contribution is -2.28. The molecule has 0 saturated heterocycles. The van der Waals surface area contributed by atoms with Gasteiger partial charge in [0.25, 0.3) is 5.91 Å². The van der Waals surface area contributed by atoms with Crippen LogP contribution in [0.15, 0.2) is 52.4 Å². The largest absolute Gasteiger partial charge is 0.351 e. The van der Waals surface area contributed by atoms with Crippen molar-refractivity contribution >= 4 is 17.2 Å². The van der Waals surface area contributed by atoms with E-state index in [1.165, 1.54) is 23.5 Å². The van der Waals surface area contributed by atoms with Gasteiger partial charge in [-0.1, -0.05) is 23.4 Å². The third kappa shape index (κ3) is 3.07. The predicted molar refractivity (Wildman–Crippen MR) is 81.3 cm³/mol. The van der Waals surface area contributed by atoms with Crippen LogP contribution >= 0.6 is 11.3 Å². The summed E-state index contributed by atoms with van der Waals surface area (Å²) >= 11 is 1.52. The number of amides is 1. The van der Waals surface area contributed by atoms with Gasteiger partial charge in [0.05, 0.1) is 11.7 Å². The molecule has 1 unspecified atom stereocenters. The van der Waals surface area contributed by atoms with Gasteiger partial charge in [0.2, 0.25) is 5.76 Å². The molecule has 112 valence electrons. The van der Waals surface area contributed by atoms with E-state index in [-0.39, 0.29) is 23.5 Å². The molecule has 1 amide bonds. The molecule has 0 aliphatic carbocycles. The van der Waals surface area contributed by atoms with Crippen LogP contribution < -0.4 is 5.32 Å². The van der Waals surface area contributed by atoms with Crippen molar-refractivity contribution in [2.75, 3.05) is 0 Å². The number of aryl methyl sites for hydroxylation is 1. The molecule has 3 aromatic rings. The van der Waals surface area contributed by atoms with Gasteiger partial charge in [-0.25, -0.2) is 4.39 Å². The minimum absolute atomic E-state index is 0.154. The number of carbonyl (C=O) groups excluding carboxylic acids is 1. The van der Waals surface area contributed by atoms with Gasteiger partial charge in [-0.2, -0.15) is 0 Å². The number of halogens is 1. The molecule has 6 heteroatoms. The minimum atomic E-state index is -0.362. The van der Waals surface area contributed by atoms with Crippen LogP contribution in [-0.2, 0) is 0 Å². The first-order valence-electron chi connectivity index (χ1n) is 6.66. The molecule has 0 bridgehead atoms. The molecule has 22 heavy (non-hydrogen) atoms. The van der Waals surface area contributed by atoms with E-state index < -0.39 is 0 Å². The number of carbonyl (C=O) groups is 1. The van der Waals surface area contributed by atoms with Gasteiger partial charge in [0.15, 0.2) is 0 Å². The van der Waals surface area contributed by atoms with Crippen molar-refractivity contribution in [1.29, 1.82) is 0 Å². The van der Waals surface area contributed by atoms with E-state index in [1.807, 2.05) is 17.5 Å². The summed E-state index contributed by atoms with van der Waals surface area (Å²) in [6.45, 7) is 1.75. The number of rotatable bonds is 4. The average Bonchev–Trinajstić information content (AvgIpc) is 3.17. The summed E-state index contributed by atoms with van der Waals surface area (Å²) in [6, 6.07) is 11.1. The summed E-state index contributed by atoms with van der Waals surface area (Å²) in [5.74, 6) is -0.518. The summed E-state index contributed by atoms with van der Waals surface area (Å²) in [5, 5.41) is 8.54. The van der Waals surface area contributed by atoms with E-state index in [2.05, 4.69) is 10.5 Å². The van der Waals surface area contributed by atoms with Gasteiger partial charge in [-0.3, -0.25) is 4.79 Å². The zero-order valence-corrected chi connectivity index (χ0v) is 12.6. The molecule has 0 aliphatic heterocycles. The number of thiophene rings is 1. The van der Waals surface area contributed by atoms with Crippen molar-refractivity contribution in [3.63, 3.8) is 0 Å². The number of nitrogens with one attached hydrogen (secondary N) is 1. The normalized spacial score (nSPS) is 12.1. The van der Waals surface area contributed by atoms with Crippen molar-refractivity contribution in [2.45, 2.75) is 13.0 Å². The topological polar surface area (TPSA) is 55.1 Å². The Morgan fingerprint density at radius 2 is 2.09 bits per heavy atom. The lowest BCUT2D eigenvalue weighted by Gasteiger charge is -2.17. The molecule has 1 atom stereocenters. The van der Waals surface area contributed by atoms with Crippen molar-refractivity contribution < 1.29 is 13.7 Å². The second-order valence-corrected chi connectivity index (χ2v) is 5.79. The van der Waals surface area contributed by atoms with Crippen LogP contribution in [0.5, 0.6) is 0 Å². The first-order valence-corrected chi connectivity index (χ1v) is 7.54. The van der Waals surface area contributed by atoms with Gasteiger partial charge >= 0.3 is 0 Å². The fourth-order valence-corrected chi connectivity index (χ4v) is 2.90.